The van der Waals surface area contributed by atoms with Crippen LogP contribution in [0.3, 0.4) is 0 Å². The molecule has 0 aliphatic heterocycles. The van der Waals surface area contributed by atoms with Crippen molar-refractivity contribution < 1.29 is 18.0 Å². The van der Waals surface area contributed by atoms with Crippen molar-refractivity contribution in [3.05, 3.63) is 59.9 Å². The Morgan fingerprint density at radius 2 is 1.83 bits per heavy atom. The average molecular weight is 402 g/mol. The van der Waals surface area contributed by atoms with E-state index in [0.717, 1.165) is 54.7 Å². The molecule has 0 spiro atoms. The first kappa shape index (κ1) is 19.3. The summed E-state index contributed by atoms with van der Waals surface area (Å²) in [5.74, 6) is 1.16. The number of aromatic nitrogens is 2. The van der Waals surface area contributed by atoms with Gasteiger partial charge in [0, 0.05) is 17.6 Å². The first-order chi connectivity index (χ1) is 13.9. The Morgan fingerprint density at radius 1 is 1.07 bits per heavy atom. The van der Waals surface area contributed by atoms with Gasteiger partial charge in [-0.05, 0) is 55.7 Å². The van der Waals surface area contributed by atoms with Gasteiger partial charge in [-0.3, -0.25) is 0 Å². The van der Waals surface area contributed by atoms with Gasteiger partial charge in [0.25, 0.3) is 0 Å². The van der Waals surface area contributed by atoms with E-state index < -0.39 is 17.8 Å². The molecule has 2 unspecified atom stereocenters. The largest absolute Gasteiger partial charge is 0.416 e. The zero-order chi connectivity index (χ0) is 20.4. The predicted octanol–water partition coefficient (Wildman–Crippen LogP) is 5.43. The van der Waals surface area contributed by atoms with E-state index in [4.69, 9.17) is 0 Å². The van der Waals surface area contributed by atoms with Crippen LogP contribution in [-0.2, 0) is 6.18 Å². The molecule has 152 valence electrons. The number of amides is 2. The molecule has 0 radical (unpaired) electrons. The minimum atomic E-state index is -4.39. The molecule has 0 saturated heterocycles. The number of H-pyrrole nitrogens is 1. The highest BCUT2D eigenvalue weighted by Gasteiger charge is 2.30. The first-order valence-electron chi connectivity index (χ1n) is 9.58. The lowest BCUT2D eigenvalue weighted by atomic mass is 9.85. The second-order valence-corrected chi connectivity index (χ2v) is 7.37. The number of rotatable bonds is 3. The van der Waals surface area contributed by atoms with Crippen molar-refractivity contribution >= 4 is 22.8 Å². The van der Waals surface area contributed by atoms with Gasteiger partial charge in [0.1, 0.15) is 5.82 Å². The summed E-state index contributed by atoms with van der Waals surface area (Å²) in [5.41, 5.74) is 1.50. The van der Waals surface area contributed by atoms with Crippen molar-refractivity contribution in [2.75, 3.05) is 5.32 Å². The molecule has 2 amide bonds. The third-order valence-corrected chi connectivity index (χ3v) is 5.27. The summed E-state index contributed by atoms with van der Waals surface area (Å²) >= 11 is 0. The fourth-order valence-electron chi connectivity index (χ4n) is 3.83. The van der Waals surface area contributed by atoms with Crippen LogP contribution in [0.25, 0.3) is 11.0 Å². The topological polar surface area (TPSA) is 69.8 Å². The van der Waals surface area contributed by atoms with Gasteiger partial charge in [0.2, 0.25) is 0 Å². The second-order valence-electron chi connectivity index (χ2n) is 7.37. The maximum Gasteiger partial charge on any atom is 0.416 e. The lowest BCUT2D eigenvalue weighted by molar-refractivity contribution is -0.137. The summed E-state index contributed by atoms with van der Waals surface area (Å²) in [6.45, 7) is 0. The minimum Gasteiger partial charge on any atom is -0.342 e. The number of urea groups is 1. The van der Waals surface area contributed by atoms with Crippen molar-refractivity contribution in [1.29, 1.82) is 0 Å². The number of hydrogen-bond donors (Lipinski definition) is 3. The van der Waals surface area contributed by atoms with E-state index in [1.165, 1.54) is 12.1 Å². The number of aromatic amines is 1. The van der Waals surface area contributed by atoms with Crippen molar-refractivity contribution in [1.82, 2.24) is 15.3 Å². The molecule has 1 fully saturated rings. The molecule has 1 aliphatic rings. The Morgan fingerprint density at radius 3 is 2.55 bits per heavy atom. The number of imidazole rings is 1. The van der Waals surface area contributed by atoms with Crippen LogP contribution in [0.4, 0.5) is 23.7 Å². The Kier molecular flexibility index (Phi) is 5.17. The van der Waals surface area contributed by atoms with Crippen LogP contribution in [0, 0.1) is 0 Å². The van der Waals surface area contributed by atoms with Crippen molar-refractivity contribution in [2.24, 2.45) is 0 Å². The molecular formula is C21H21F3N4O. The molecule has 8 heteroatoms. The third kappa shape index (κ3) is 4.52. The fourth-order valence-corrected chi connectivity index (χ4v) is 3.83. The molecule has 2 aromatic carbocycles. The Balaban J connectivity index is 1.35. The van der Waals surface area contributed by atoms with E-state index in [2.05, 4.69) is 20.6 Å². The number of hydrogen-bond acceptors (Lipinski definition) is 2. The van der Waals surface area contributed by atoms with E-state index in [0.29, 0.717) is 5.69 Å². The van der Waals surface area contributed by atoms with E-state index in [-0.39, 0.29) is 12.0 Å². The predicted molar refractivity (Wildman–Crippen MR) is 105 cm³/mol. The molecule has 5 nitrogen and oxygen atoms in total. The molecule has 4 rings (SSSR count). The van der Waals surface area contributed by atoms with Crippen LogP contribution in [0.5, 0.6) is 0 Å². The molecule has 29 heavy (non-hydrogen) atoms. The van der Waals surface area contributed by atoms with Crippen LogP contribution < -0.4 is 10.6 Å². The summed E-state index contributed by atoms with van der Waals surface area (Å²) in [7, 11) is 0. The molecule has 3 N–H and O–H groups in total. The number of alkyl halides is 3. The zero-order valence-electron chi connectivity index (χ0n) is 15.6. The summed E-state index contributed by atoms with van der Waals surface area (Å²) in [5, 5.41) is 5.53. The highest BCUT2D eigenvalue weighted by molar-refractivity contribution is 5.89. The van der Waals surface area contributed by atoms with Crippen LogP contribution in [0.2, 0.25) is 0 Å². The van der Waals surface area contributed by atoms with Gasteiger partial charge in [-0.2, -0.15) is 13.2 Å². The summed E-state index contributed by atoms with van der Waals surface area (Å²) in [6, 6.07) is 11.8. The first-order valence-corrected chi connectivity index (χ1v) is 9.58. The number of anilines is 1. The normalized spacial score (nSPS) is 19.8. The Hall–Kier alpha value is -3.03. The molecule has 1 aliphatic carbocycles. The zero-order valence-corrected chi connectivity index (χ0v) is 15.6. The number of halogens is 3. The van der Waals surface area contributed by atoms with Crippen molar-refractivity contribution in [3.63, 3.8) is 0 Å². The average Bonchev–Trinajstić information content (AvgIpc) is 3.12. The van der Waals surface area contributed by atoms with Gasteiger partial charge in [0.15, 0.2) is 0 Å². The van der Waals surface area contributed by atoms with Crippen LogP contribution in [0.1, 0.15) is 43.0 Å². The number of carbonyl (C=O) groups excluding carboxylic acids is 1. The molecule has 0 bridgehead atoms. The third-order valence-electron chi connectivity index (χ3n) is 5.27. The maximum absolute atomic E-state index is 12.6. The van der Waals surface area contributed by atoms with Crippen LogP contribution >= 0.6 is 0 Å². The molecule has 1 saturated carbocycles. The van der Waals surface area contributed by atoms with Crippen molar-refractivity contribution in [2.45, 2.75) is 43.8 Å². The van der Waals surface area contributed by atoms with Gasteiger partial charge in [-0.1, -0.05) is 18.6 Å². The SMILES string of the molecule is O=C(Nc1ccc(C(F)(F)F)cc1)NC1CCCC(c2nc3ccccc3[nH]2)C1. The summed E-state index contributed by atoms with van der Waals surface area (Å²) in [4.78, 5) is 20.3. The summed E-state index contributed by atoms with van der Waals surface area (Å²) in [6.07, 6.45) is -0.808. The van der Waals surface area contributed by atoms with Gasteiger partial charge >= 0.3 is 12.2 Å². The number of carbonyl (C=O) groups is 1. The second kappa shape index (κ2) is 7.77. The lowest BCUT2D eigenvalue weighted by Gasteiger charge is -2.28. The fraction of sp³-hybridized carbons (Fsp3) is 0.333. The number of benzene rings is 2. The lowest BCUT2D eigenvalue weighted by Crippen LogP contribution is -2.40. The number of fused-ring (bicyclic) bond motifs is 1. The molecule has 2 atom stereocenters. The van der Waals surface area contributed by atoms with Gasteiger partial charge in [0.05, 0.1) is 16.6 Å². The monoisotopic (exact) mass is 402 g/mol. The van der Waals surface area contributed by atoms with E-state index in [1.807, 2.05) is 24.3 Å². The van der Waals surface area contributed by atoms with Gasteiger partial charge in [-0.25, -0.2) is 9.78 Å². The molecule has 1 aromatic heterocycles. The number of nitrogens with zero attached hydrogens (tertiary/aromatic N) is 1. The minimum absolute atomic E-state index is 0.0172. The number of nitrogens with one attached hydrogen (secondary N) is 3. The standard InChI is InChI=1S/C21H21F3N4O/c22-21(23,24)14-8-10-15(11-9-14)25-20(29)26-16-5-3-4-13(12-16)19-27-17-6-1-2-7-18(17)28-19/h1-2,6-11,13,16H,3-5,12H2,(H,27,28)(H2,25,26,29). The number of para-hydroxylation sites is 2. The quantitative estimate of drug-likeness (QED) is 0.547. The highest BCUT2D eigenvalue weighted by Crippen LogP contribution is 2.33. The molecule has 1 heterocycles. The van der Waals surface area contributed by atoms with Gasteiger partial charge in [-0.15, -0.1) is 0 Å². The van der Waals surface area contributed by atoms with E-state index in [1.54, 1.807) is 0 Å². The Labute approximate surface area is 165 Å². The van der Waals surface area contributed by atoms with Crippen LogP contribution in [0.15, 0.2) is 48.5 Å². The van der Waals surface area contributed by atoms with Gasteiger partial charge < -0.3 is 15.6 Å². The van der Waals surface area contributed by atoms with Crippen molar-refractivity contribution in [3.8, 4) is 0 Å². The molecule has 3 aromatic rings. The van der Waals surface area contributed by atoms with Crippen LogP contribution in [-0.4, -0.2) is 22.0 Å². The Bertz CT molecular complexity index is 964. The summed E-state index contributed by atoms with van der Waals surface area (Å²) < 4.78 is 37.9. The smallest absolute Gasteiger partial charge is 0.342 e. The highest BCUT2D eigenvalue weighted by atomic mass is 19.4. The van der Waals surface area contributed by atoms with E-state index in [9.17, 15) is 18.0 Å². The maximum atomic E-state index is 12.6. The molecular weight excluding hydrogens is 381 g/mol. The van der Waals surface area contributed by atoms with E-state index >= 15 is 0 Å².